The minimum Gasteiger partial charge on any atom is -0.497 e. The van der Waals surface area contributed by atoms with Crippen molar-refractivity contribution in [2.24, 2.45) is 0 Å². The molecule has 1 aliphatic rings. The normalized spacial score (nSPS) is 13.2. The van der Waals surface area contributed by atoms with Gasteiger partial charge in [0.15, 0.2) is 11.5 Å². The summed E-state index contributed by atoms with van der Waals surface area (Å²) in [5.41, 5.74) is 1.18. The molecular formula is C37H41N3O7S. The SMILES string of the molecule is COc1cccc(CN(C(=O)CN(c2ccc3c(c2)OCCO3)S(=O)(=O)c2ccccc2)[C@@H](Cc2ccccc2)C(=O)NC(C)(C)C)c1. The first kappa shape index (κ1) is 34.3. The van der Waals surface area contributed by atoms with Gasteiger partial charge < -0.3 is 24.4 Å². The summed E-state index contributed by atoms with van der Waals surface area (Å²) in [5.74, 6) is 0.508. The Bertz CT molecular complexity index is 1830. The summed E-state index contributed by atoms with van der Waals surface area (Å²) in [4.78, 5) is 30.2. The largest absolute Gasteiger partial charge is 0.497 e. The molecule has 4 aromatic carbocycles. The Balaban J connectivity index is 1.60. The highest BCUT2D eigenvalue weighted by molar-refractivity contribution is 7.92. The van der Waals surface area contributed by atoms with Crippen LogP contribution in [0.5, 0.6) is 17.2 Å². The average molecular weight is 672 g/mol. The molecule has 48 heavy (non-hydrogen) atoms. The quantitative estimate of drug-likeness (QED) is 0.220. The van der Waals surface area contributed by atoms with Crippen molar-refractivity contribution in [2.75, 3.05) is 31.2 Å². The molecule has 2 amide bonds. The Morgan fingerprint density at radius 2 is 1.48 bits per heavy atom. The zero-order valence-corrected chi connectivity index (χ0v) is 28.4. The number of methoxy groups -OCH3 is 1. The first-order valence-electron chi connectivity index (χ1n) is 15.7. The lowest BCUT2D eigenvalue weighted by atomic mass is 10.0. The molecule has 0 radical (unpaired) electrons. The van der Waals surface area contributed by atoms with Gasteiger partial charge in [-0.05, 0) is 68.3 Å². The van der Waals surface area contributed by atoms with Gasteiger partial charge in [0, 0.05) is 24.6 Å². The van der Waals surface area contributed by atoms with Gasteiger partial charge in [0.25, 0.3) is 10.0 Å². The molecule has 1 heterocycles. The fourth-order valence-electron chi connectivity index (χ4n) is 5.41. The zero-order chi connectivity index (χ0) is 34.3. The second-order valence-corrected chi connectivity index (χ2v) is 14.3. The lowest BCUT2D eigenvalue weighted by Gasteiger charge is -2.35. The summed E-state index contributed by atoms with van der Waals surface area (Å²) in [6, 6.07) is 28.4. The Hall–Kier alpha value is -5.03. The van der Waals surface area contributed by atoms with Crippen LogP contribution in [0.1, 0.15) is 31.9 Å². The number of carbonyl (C=O) groups is 2. The van der Waals surface area contributed by atoms with Crippen molar-refractivity contribution < 1.29 is 32.2 Å². The minimum absolute atomic E-state index is 0.0124. The van der Waals surface area contributed by atoms with Crippen LogP contribution >= 0.6 is 0 Å². The molecule has 4 aromatic rings. The molecular weight excluding hydrogens is 630 g/mol. The molecule has 10 nitrogen and oxygen atoms in total. The number of hydrogen-bond acceptors (Lipinski definition) is 7. The summed E-state index contributed by atoms with van der Waals surface area (Å²) in [6.45, 7) is 5.72. The van der Waals surface area contributed by atoms with E-state index in [4.69, 9.17) is 14.2 Å². The number of ether oxygens (including phenoxy) is 3. The van der Waals surface area contributed by atoms with E-state index in [0.717, 1.165) is 9.87 Å². The average Bonchev–Trinajstić information content (AvgIpc) is 3.08. The van der Waals surface area contributed by atoms with E-state index in [0.29, 0.717) is 36.0 Å². The second-order valence-electron chi connectivity index (χ2n) is 12.5. The van der Waals surface area contributed by atoms with E-state index in [1.54, 1.807) is 61.7 Å². The molecule has 1 atom stereocenters. The number of nitrogens with one attached hydrogen (secondary N) is 1. The molecule has 0 unspecified atom stereocenters. The van der Waals surface area contributed by atoms with Gasteiger partial charge in [0.05, 0.1) is 17.7 Å². The van der Waals surface area contributed by atoms with E-state index in [9.17, 15) is 18.0 Å². The number of rotatable bonds is 12. The Morgan fingerprint density at radius 3 is 2.15 bits per heavy atom. The molecule has 0 saturated carbocycles. The third kappa shape index (κ3) is 8.46. The van der Waals surface area contributed by atoms with Gasteiger partial charge in [-0.25, -0.2) is 8.42 Å². The molecule has 0 spiro atoms. The maximum atomic E-state index is 14.7. The number of nitrogens with zero attached hydrogens (tertiary/aromatic N) is 2. The van der Waals surface area contributed by atoms with Crippen molar-refractivity contribution in [2.45, 2.75) is 50.2 Å². The molecule has 11 heteroatoms. The molecule has 0 fully saturated rings. The molecule has 1 N–H and O–H groups in total. The number of amides is 2. The number of fused-ring (bicyclic) bond motifs is 1. The number of sulfonamides is 1. The third-order valence-electron chi connectivity index (χ3n) is 7.68. The van der Waals surface area contributed by atoms with Crippen LogP contribution in [-0.4, -0.2) is 63.6 Å². The van der Waals surface area contributed by atoms with Crippen molar-refractivity contribution >= 4 is 27.5 Å². The van der Waals surface area contributed by atoms with Gasteiger partial charge in [0.1, 0.15) is 31.5 Å². The van der Waals surface area contributed by atoms with Crippen LogP contribution in [0, 0.1) is 0 Å². The van der Waals surface area contributed by atoms with E-state index in [-0.39, 0.29) is 29.5 Å². The van der Waals surface area contributed by atoms with Gasteiger partial charge in [-0.1, -0.05) is 60.7 Å². The molecule has 5 rings (SSSR count). The number of benzene rings is 4. The number of hydrogen-bond donors (Lipinski definition) is 1. The van der Waals surface area contributed by atoms with E-state index in [1.807, 2.05) is 57.2 Å². The van der Waals surface area contributed by atoms with Gasteiger partial charge in [0.2, 0.25) is 11.8 Å². The van der Waals surface area contributed by atoms with E-state index < -0.39 is 34.1 Å². The standard InChI is InChI=1S/C37H41N3O7S/c1-37(2,3)38-36(42)32(23-27-12-7-5-8-13-27)39(25-28-14-11-15-30(22-28)45-4)35(41)26-40(48(43,44)31-16-9-6-10-17-31)29-18-19-33-34(24-29)47-21-20-46-33/h5-19,22,24,32H,20-21,23,25-26H2,1-4H3,(H,38,42)/t32-/m0/s1. The molecule has 0 saturated heterocycles. The van der Waals surface area contributed by atoms with Gasteiger partial charge in [-0.2, -0.15) is 0 Å². The fourth-order valence-corrected chi connectivity index (χ4v) is 6.84. The maximum Gasteiger partial charge on any atom is 0.264 e. The van der Waals surface area contributed by atoms with Crippen LogP contribution in [0.4, 0.5) is 5.69 Å². The first-order chi connectivity index (χ1) is 22.9. The number of carbonyl (C=O) groups excluding carboxylic acids is 2. The van der Waals surface area contributed by atoms with Crippen molar-refractivity contribution in [1.29, 1.82) is 0 Å². The van der Waals surface area contributed by atoms with E-state index in [1.165, 1.54) is 17.0 Å². The summed E-state index contributed by atoms with van der Waals surface area (Å²) in [6.07, 6.45) is 0.202. The predicted octanol–water partition coefficient (Wildman–Crippen LogP) is 5.22. The smallest absolute Gasteiger partial charge is 0.264 e. The van der Waals surface area contributed by atoms with Crippen molar-refractivity contribution in [1.82, 2.24) is 10.2 Å². The molecule has 0 aliphatic carbocycles. The predicted molar refractivity (Wildman–Crippen MR) is 184 cm³/mol. The Kier molecular flexibility index (Phi) is 10.6. The van der Waals surface area contributed by atoms with Crippen LogP contribution in [0.3, 0.4) is 0 Å². The van der Waals surface area contributed by atoms with Crippen LogP contribution < -0.4 is 23.8 Å². The Morgan fingerprint density at radius 1 is 0.833 bits per heavy atom. The van der Waals surface area contributed by atoms with Gasteiger partial charge >= 0.3 is 0 Å². The van der Waals surface area contributed by atoms with Gasteiger partial charge in [-0.15, -0.1) is 0 Å². The topological polar surface area (TPSA) is 114 Å². The highest BCUT2D eigenvalue weighted by atomic mass is 32.2. The minimum atomic E-state index is -4.26. The molecule has 0 bridgehead atoms. The summed E-state index contributed by atoms with van der Waals surface area (Å²) < 4.78 is 46.5. The van der Waals surface area contributed by atoms with Crippen molar-refractivity contribution in [3.8, 4) is 17.2 Å². The van der Waals surface area contributed by atoms with Crippen LogP contribution in [0.2, 0.25) is 0 Å². The maximum absolute atomic E-state index is 14.7. The van der Waals surface area contributed by atoms with Crippen molar-refractivity contribution in [3.05, 3.63) is 114 Å². The highest BCUT2D eigenvalue weighted by Gasteiger charge is 2.36. The Labute approximate surface area is 282 Å². The zero-order valence-electron chi connectivity index (χ0n) is 27.6. The van der Waals surface area contributed by atoms with E-state index >= 15 is 0 Å². The third-order valence-corrected chi connectivity index (χ3v) is 9.47. The number of anilines is 1. The lowest BCUT2D eigenvalue weighted by molar-refractivity contribution is -0.140. The summed E-state index contributed by atoms with van der Waals surface area (Å²) in [5, 5.41) is 3.04. The summed E-state index contributed by atoms with van der Waals surface area (Å²) >= 11 is 0. The van der Waals surface area contributed by atoms with Gasteiger partial charge in [-0.3, -0.25) is 13.9 Å². The second kappa shape index (κ2) is 14.8. The van der Waals surface area contributed by atoms with Crippen LogP contribution in [0.25, 0.3) is 0 Å². The molecule has 252 valence electrons. The monoisotopic (exact) mass is 671 g/mol. The fraction of sp³-hybridized carbons (Fsp3) is 0.297. The lowest BCUT2D eigenvalue weighted by Crippen LogP contribution is -2.56. The van der Waals surface area contributed by atoms with E-state index in [2.05, 4.69) is 5.32 Å². The first-order valence-corrected chi connectivity index (χ1v) is 17.1. The highest BCUT2D eigenvalue weighted by Crippen LogP contribution is 2.36. The molecule has 0 aromatic heterocycles. The summed E-state index contributed by atoms with van der Waals surface area (Å²) in [7, 11) is -2.71. The van der Waals surface area contributed by atoms with Crippen molar-refractivity contribution in [3.63, 3.8) is 0 Å². The molecule has 1 aliphatic heterocycles. The van der Waals surface area contributed by atoms with Crippen LogP contribution in [-0.2, 0) is 32.6 Å². The van der Waals surface area contributed by atoms with Crippen LogP contribution in [0.15, 0.2) is 108 Å².